The predicted molar refractivity (Wildman–Crippen MR) is 264 cm³/mol. The second kappa shape index (κ2) is 15.3. The summed E-state index contributed by atoms with van der Waals surface area (Å²) in [7, 11) is 0. The summed E-state index contributed by atoms with van der Waals surface area (Å²) in [5.74, 6) is 0. The molecule has 3 nitrogen and oxygen atoms in total. The van der Waals surface area contributed by atoms with Crippen LogP contribution in [0.2, 0.25) is 0 Å². The van der Waals surface area contributed by atoms with Crippen LogP contribution in [0.25, 0.3) is 93.9 Å². The first-order chi connectivity index (χ1) is 31.3. The van der Waals surface area contributed by atoms with Crippen molar-refractivity contribution >= 4 is 60.8 Å². The Kier molecular flexibility index (Phi) is 8.83. The molecule has 0 aliphatic rings. The largest absolute Gasteiger partial charge is 0.456 e. The number of furan rings is 1. The Morgan fingerprint density at radius 1 is 0.317 bits per heavy atom. The molecule has 296 valence electrons. The highest BCUT2D eigenvalue weighted by atomic mass is 16.3. The monoisotopic (exact) mass is 804 g/mol. The lowest BCUT2D eigenvalue weighted by atomic mass is 9.88. The van der Waals surface area contributed by atoms with Gasteiger partial charge in [-0.3, -0.25) is 0 Å². The summed E-state index contributed by atoms with van der Waals surface area (Å²) in [6.07, 6.45) is 0. The van der Waals surface area contributed by atoms with Gasteiger partial charge in [-0.25, -0.2) is 0 Å². The van der Waals surface area contributed by atoms with Gasteiger partial charge in [0.05, 0.1) is 27.8 Å². The van der Waals surface area contributed by atoms with Crippen LogP contribution in [0.1, 0.15) is 0 Å². The maximum absolute atomic E-state index is 6.54. The summed E-state index contributed by atoms with van der Waals surface area (Å²) in [4.78, 5) is 2.43. The number of benzene rings is 10. The summed E-state index contributed by atoms with van der Waals surface area (Å²) in [6, 6.07) is 87.1. The fourth-order valence-electron chi connectivity index (χ4n) is 9.62. The van der Waals surface area contributed by atoms with Gasteiger partial charge in [0.1, 0.15) is 11.2 Å². The van der Waals surface area contributed by atoms with Gasteiger partial charge in [-0.05, 0) is 106 Å². The molecule has 10 aromatic carbocycles. The van der Waals surface area contributed by atoms with E-state index in [1.54, 1.807) is 0 Å². The molecule has 63 heavy (non-hydrogen) atoms. The van der Waals surface area contributed by atoms with Crippen LogP contribution in [0, 0.1) is 0 Å². The van der Waals surface area contributed by atoms with Crippen molar-refractivity contribution in [2.24, 2.45) is 0 Å². The minimum atomic E-state index is 0.852. The van der Waals surface area contributed by atoms with E-state index < -0.39 is 0 Å². The van der Waals surface area contributed by atoms with E-state index in [1.807, 2.05) is 6.07 Å². The Morgan fingerprint density at radius 3 is 1.67 bits per heavy atom. The third-order valence-corrected chi connectivity index (χ3v) is 12.4. The molecule has 2 heterocycles. The number of rotatable bonds is 8. The topological polar surface area (TPSA) is 21.3 Å². The Labute approximate surface area is 366 Å². The van der Waals surface area contributed by atoms with Crippen LogP contribution in [0.3, 0.4) is 0 Å². The summed E-state index contributed by atoms with van der Waals surface area (Å²) < 4.78 is 8.91. The van der Waals surface area contributed by atoms with Crippen molar-refractivity contribution in [3.63, 3.8) is 0 Å². The second-order valence-electron chi connectivity index (χ2n) is 16.0. The van der Waals surface area contributed by atoms with Gasteiger partial charge in [-0.1, -0.05) is 176 Å². The first kappa shape index (κ1) is 36.5. The van der Waals surface area contributed by atoms with E-state index in [0.717, 1.165) is 66.9 Å². The predicted octanol–water partition coefficient (Wildman–Crippen LogP) is 16.8. The van der Waals surface area contributed by atoms with Gasteiger partial charge in [0.15, 0.2) is 0 Å². The third kappa shape index (κ3) is 6.21. The first-order valence-electron chi connectivity index (χ1n) is 21.5. The molecular formula is C60H40N2O. The highest BCUT2D eigenvalue weighted by Gasteiger charge is 2.24. The van der Waals surface area contributed by atoms with E-state index in [1.165, 1.54) is 44.1 Å². The van der Waals surface area contributed by atoms with Gasteiger partial charge in [-0.15, -0.1) is 0 Å². The van der Waals surface area contributed by atoms with Crippen molar-refractivity contribution in [3.8, 4) is 50.2 Å². The number of para-hydroxylation sites is 4. The zero-order valence-corrected chi connectivity index (χ0v) is 34.4. The lowest BCUT2D eigenvalue weighted by molar-refractivity contribution is 0.669. The molecule has 0 N–H and O–H groups in total. The number of fused-ring (bicyclic) bond motifs is 6. The minimum Gasteiger partial charge on any atom is -0.456 e. The highest BCUT2D eigenvalue weighted by Crippen LogP contribution is 2.48. The molecule has 2 aromatic heterocycles. The van der Waals surface area contributed by atoms with Crippen LogP contribution in [-0.4, -0.2) is 4.57 Å². The van der Waals surface area contributed by atoms with E-state index in [4.69, 9.17) is 4.42 Å². The van der Waals surface area contributed by atoms with Crippen molar-refractivity contribution in [2.75, 3.05) is 4.90 Å². The van der Waals surface area contributed by atoms with E-state index in [2.05, 4.69) is 246 Å². The first-order valence-corrected chi connectivity index (χ1v) is 21.5. The fraction of sp³-hybridized carbons (Fsp3) is 0. The van der Waals surface area contributed by atoms with Gasteiger partial charge < -0.3 is 13.9 Å². The quantitative estimate of drug-likeness (QED) is 0.153. The number of hydrogen-bond donors (Lipinski definition) is 0. The lowest BCUT2D eigenvalue weighted by Gasteiger charge is -2.29. The zero-order valence-electron chi connectivity index (χ0n) is 34.4. The molecule has 3 heteroatoms. The van der Waals surface area contributed by atoms with Crippen LogP contribution >= 0.6 is 0 Å². The Balaban J connectivity index is 1.07. The summed E-state index contributed by atoms with van der Waals surface area (Å²) in [5.41, 5.74) is 17.7. The van der Waals surface area contributed by atoms with Crippen LogP contribution in [0.15, 0.2) is 247 Å². The van der Waals surface area contributed by atoms with E-state index in [0.29, 0.717) is 0 Å². The molecule has 0 amide bonds. The van der Waals surface area contributed by atoms with Crippen molar-refractivity contribution in [3.05, 3.63) is 243 Å². The van der Waals surface area contributed by atoms with Crippen LogP contribution in [0.4, 0.5) is 17.1 Å². The fourth-order valence-corrected chi connectivity index (χ4v) is 9.62. The molecular weight excluding hydrogens is 765 g/mol. The molecule has 0 bridgehead atoms. The van der Waals surface area contributed by atoms with Crippen molar-refractivity contribution in [2.45, 2.75) is 0 Å². The summed E-state index contributed by atoms with van der Waals surface area (Å²) >= 11 is 0. The van der Waals surface area contributed by atoms with E-state index in [-0.39, 0.29) is 0 Å². The Morgan fingerprint density at radius 2 is 0.857 bits per heavy atom. The Bertz CT molecular complexity index is 3640. The number of nitrogens with zero attached hydrogens (tertiary/aromatic N) is 2. The average Bonchev–Trinajstić information content (AvgIpc) is 3.91. The number of anilines is 3. The highest BCUT2D eigenvalue weighted by molar-refractivity contribution is 6.14. The number of aromatic nitrogens is 1. The maximum atomic E-state index is 6.54. The normalized spacial score (nSPS) is 11.5. The molecule has 0 radical (unpaired) electrons. The van der Waals surface area contributed by atoms with Crippen LogP contribution < -0.4 is 4.90 Å². The smallest absolute Gasteiger partial charge is 0.137 e. The molecule has 0 atom stereocenters. The van der Waals surface area contributed by atoms with Crippen molar-refractivity contribution in [1.82, 2.24) is 4.57 Å². The molecule has 12 rings (SSSR count). The zero-order chi connectivity index (χ0) is 41.7. The standard InChI is InChI=1S/C60H40N2O/c1-3-19-41(20-4-1)46-25-7-8-26-47(46)48-27-9-10-28-49(48)50-29-11-14-32-54(50)62(57-34-18-36-59-60(57)52-31-13-16-35-58(52)63-59)45-24-17-21-42(39-45)43-37-38-56-53(40-43)51-30-12-15-33-55(51)61(56)44-22-5-2-6-23-44/h1-40H. The van der Waals surface area contributed by atoms with Gasteiger partial charge in [0.2, 0.25) is 0 Å². The average molecular weight is 805 g/mol. The van der Waals surface area contributed by atoms with Gasteiger partial charge in [-0.2, -0.15) is 0 Å². The molecule has 0 fully saturated rings. The molecule has 0 spiro atoms. The summed E-state index contributed by atoms with van der Waals surface area (Å²) in [5, 5.41) is 4.61. The molecule has 12 aromatic rings. The minimum absolute atomic E-state index is 0.852. The molecule has 0 saturated carbocycles. The third-order valence-electron chi connectivity index (χ3n) is 12.4. The summed E-state index contributed by atoms with van der Waals surface area (Å²) in [6.45, 7) is 0. The van der Waals surface area contributed by atoms with Gasteiger partial charge in [0, 0.05) is 33.1 Å². The molecule has 0 unspecified atom stereocenters. The lowest BCUT2D eigenvalue weighted by Crippen LogP contribution is -2.12. The number of hydrogen-bond acceptors (Lipinski definition) is 2. The van der Waals surface area contributed by atoms with Gasteiger partial charge in [0.25, 0.3) is 0 Å². The molecule has 0 saturated heterocycles. The molecule has 0 aliphatic heterocycles. The van der Waals surface area contributed by atoms with Gasteiger partial charge >= 0.3 is 0 Å². The van der Waals surface area contributed by atoms with E-state index in [9.17, 15) is 0 Å². The maximum Gasteiger partial charge on any atom is 0.137 e. The van der Waals surface area contributed by atoms with Crippen LogP contribution in [-0.2, 0) is 0 Å². The Hall–Kier alpha value is -8.40. The van der Waals surface area contributed by atoms with Crippen molar-refractivity contribution in [1.29, 1.82) is 0 Å². The van der Waals surface area contributed by atoms with Crippen molar-refractivity contribution < 1.29 is 4.42 Å². The van der Waals surface area contributed by atoms with Crippen LogP contribution in [0.5, 0.6) is 0 Å². The SMILES string of the molecule is c1ccc(-c2ccccc2-c2ccccc2-c2ccccc2N(c2cccc(-c3ccc4c(c3)c3ccccc3n4-c3ccccc3)c2)c2cccc3oc4ccccc4c23)cc1. The van der Waals surface area contributed by atoms with E-state index >= 15 is 0 Å². The molecule has 0 aliphatic carbocycles. The second-order valence-corrected chi connectivity index (χ2v) is 16.0.